The zero-order valence-corrected chi connectivity index (χ0v) is 18.7. The van der Waals surface area contributed by atoms with Crippen LogP contribution in [0.25, 0.3) is 0 Å². The van der Waals surface area contributed by atoms with E-state index in [0.29, 0.717) is 18.0 Å². The maximum Gasteiger partial charge on any atom is 0.308 e. The smallest absolute Gasteiger partial charge is 0.308 e. The molecule has 0 aliphatic carbocycles. The molecule has 1 saturated heterocycles. The van der Waals surface area contributed by atoms with Crippen molar-refractivity contribution in [3.63, 3.8) is 0 Å². The number of pyridine rings is 1. The molecule has 1 aromatic heterocycles. The van der Waals surface area contributed by atoms with Crippen LogP contribution >= 0.6 is 0 Å². The van der Waals surface area contributed by atoms with Crippen LogP contribution in [0.15, 0.2) is 24.3 Å². The Balaban J connectivity index is 1.83. The minimum absolute atomic E-state index is 0.290. The second-order valence-electron chi connectivity index (χ2n) is 8.43. The summed E-state index contributed by atoms with van der Waals surface area (Å²) in [5.74, 6) is 0.999. The number of likely N-dealkylation sites (tertiary alicyclic amines) is 1. The van der Waals surface area contributed by atoms with Crippen LogP contribution in [0.5, 0.6) is 5.75 Å². The summed E-state index contributed by atoms with van der Waals surface area (Å²) < 4.78 is 5.59. The SMILES string of the molecule is CCCCCc1cc(Cc2ccc(CN3CCCC3)cc2OC(C)=O)c(C)nc1N. The van der Waals surface area contributed by atoms with Gasteiger partial charge in [-0.2, -0.15) is 0 Å². The van der Waals surface area contributed by atoms with Gasteiger partial charge in [0.05, 0.1) is 0 Å². The van der Waals surface area contributed by atoms with Crippen molar-refractivity contribution in [2.75, 3.05) is 18.8 Å². The standard InChI is InChI=1S/C25H35N3O2/c1-4-5-6-9-22-16-23(18(2)27-25(22)26)15-21-11-10-20(14-24(21)30-19(3)29)17-28-12-7-8-13-28/h10-11,14,16H,4-9,12-13,15,17H2,1-3H3,(H2,26,27). The Morgan fingerprint density at radius 1 is 1.13 bits per heavy atom. The first kappa shape index (κ1) is 22.3. The second kappa shape index (κ2) is 10.6. The minimum atomic E-state index is -0.290. The number of nitrogens with zero attached hydrogens (tertiary/aromatic N) is 2. The van der Waals surface area contributed by atoms with Crippen LogP contribution in [-0.4, -0.2) is 28.9 Å². The molecule has 2 N–H and O–H groups in total. The molecule has 5 nitrogen and oxygen atoms in total. The maximum absolute atomic E-state index is 11.7. The summed E-state index contributed by atoms with van der Waals surface area (Å²) in [5.41, 5.74) is 11.5. The number of aryl methyl sites for hydroxylation is 2. The number of anilines is 1. The first-order chi connectivity index (χ1) is 14.5. The quantitative estimate of drug-likeness (QED) is 0.365. The molecule has 0 atom stereocenters. The second-order valence-corrected chi connectivity index (χ2v) is 8.43. The fourth-order valence-electron chi connectivity index (χ4n) is 4.15. The van der Waals surface area contributed by atoms with E-state index in [1.54, 1.807) is 0 Å². The van der Waals surface area contributed by atoms with Gasteiger partial charge < -0.3 is 10.5 Å². The summed E-state index contributed by atoms with van der Waals surface area (Å²) in [6, 6.07) is 8.46. The van der Waals surface area contributed by atoms with E-state index in [1.165, 1.54) is 38.2 Å². The predicted molar refractivity (Wildman–Crippen MR) is 122 cm³/mol. The Bertz CT molecular complexity index is 873. The molecule has 0 unspecified atom stereocenters. The van der Waals surface area contributed by atoms with Crippen LogP contribution in [0.3, 0.4) is 0 Å². The number of unbranched alkanes of at least 4 members (excludes halogenated alkanes) is 2. The number of rotatable bonds is 9. The molecule has 2 heterocycles. The van der Waals surface area contributed by atoms with Gasteiger partial charge in [-0.25, -0.2) is 4.98 Å². The molecule has 3 rings (SSSR count). The highest BCUT2D eigenvalue weighted by Crippen LogP contribution is 2.27. The van der Waals surface area contributed by atoms with E-state index < -0.39 is 0 Å². The molecule has 1 aromatic carbocycles. The van der Waals surface area contributed by atoms with Crippen molar-refractivity contribution in [2.45, 2.75) is 72.3 Å². The van der Waals surface area contributed by atoms with Gasteiger partial charge in [-0.3, -0.25) is 9.69 Å². The summed E-state index contributed by atoms with van der Waals surface area (Å²) in [7, 11) is 0. The molecule has 1 aliphatic heterocycles. The van der Waals surface area contributed by atoms with Crippen LogP contribution in [-0.2, 0) is 24.2 Å². The molecule has 0 spiro atoms. The number of hydrogen-bond acceptors (Lipinski definition) is 5. The molecular formula is C25H35N3O2. The Hall–Kier alpha value is -2.40. The minimum Gasteiger partial charge on any atom is -0.426 e. The van der Waals surface area contributed by atoms with Crippen LogP contribution < -0.4 is 10.5 Å². The van der Waals surface area contributed by atoms with Gasteiger partial charge in [-0.05, 0) is 74.0 Å². The monoisotopic (exact) mass is 409 g/mol. The number of nitrogens with two attached hydrogens (primary N) is 1. The molecule has 0 bridgehead atoms. The summed E-state index contributed by atoms with van der Waals surface area (Å²) in [5, 5.41) is 0. The number of benzene rings is 1. The number of ether oxygens (including phenoxy) is 1. The van der Waals surface area contributed by atoms with Gasteiger partial charge in [0.1, 0.15) is 11.6 Å². The maximum atomic E-state index is 11.7. The third-order valence-electron chi connectivity index (χ3n) is 5.85. The Morgan fingerprint density at radius 2 is 1.90 bits per heavy atom. The number of carbonyl (C=O) groups excluding carboxylic acids is 1. The first-order valence-electron chi connectivity index (χ1n) is 11.2. The van der Waals surface area contributed by atoms with E-state index in [-0.39, 0.29) is 5.97 Å². The van der Waals surface area contributed by atoms with Crippen LogP contribution in [0, 0.1) is 6.92 Å². The molecule has 1 aliphatic rings. The summed E-state index contributed by atoms with van der Waals surface area (Å²) in [6.45, 7) is 8.84. The highest BCUT2D eigenvalue weighted by Gasteiger charge is 2.16. The number of carbonyl (C=O) groups is 1. The fourth-order valence-corrected chi connectivity index (χ4v) is 4.15. The molecule has 5 heteroatoms. The van der Waals surface area contributed by atoms with E-state index >= 15 is 0 Å². The molecular weight excluding hydrogens is 374 g/mol. The van der Waals surface area contributed by atoms with Crippen molar-refractivity contribution in [1.29, 1.82) is 0 Å². The summed E-state index contributed by atoms with van der Waals surface area (Å²) >= 11 is 0. The zero-order chi connectivity index (χ0) is 21.5. The first-order valence-corrected chi connectivity index (χ1v) is 11.2. The van der Waals surface area contributed by atoms with Gasteiger partial charge in [-0.15, -0.1) is 0 Å². The van der Waals surface area contributed by atoms with Crippen LogP contribution in [0.1, 0.15) is 73.9 Å². The Morgan fingerprint density at radius 3 is 2.60 bits per heavy atom. The lowest BCUT2D eigenvalue weighted by atomic mass is 9.98. The van der Waals surface area contributed by atoms with Crippen molar-refractivity contribution in [2.24, 2.45) is 0 Å². The average molecular weight is 410 g/mol. The Kier molecular flexibility index (Phi) is 7.86. The van der Waals surface area contributed by atoms with Gasteiger partial charge >= 0.3 is 5.97 Å². The van der Waals surface area contributed by atoms with Gasteiger partial charge in [0.15, 0.2) is 0 Å². The van der Waals surface area contributed by atoms with Crippen molar-refractivity contribution >= 4 is 11.8 Å². The van der Waals surface area contributed by atoms with Gasteiger partial charge in [0.25, 0.3) is 0 Å². The number of aromatic nitrogens is 1. The zero-order valence-electron chi connectivity index (χ0n) is 18.7. The summed E-state index contributed by atoms with van der Waals surface area (Å²) in [6.07, 6.45) is 7.64. The van der Waals surface area contributed by atoms with Crippen LogP contribution in [0.2, 0.25) is 0 Å². The van der Waals surface area contributed by atoms with Crippen LogP contribution in [0.4, 0.5) is 5.82 Å². The molecule has 2 aromatic rings. The third kappa shape index (κ3) is 6.05. The number of nitrogen functional groups attached to an aromatic ring is 1. The van der Waals surface area contributed by atoms with E-state index in [1.807, 2.05) is 13.0 Å². The van der Waals surface area contributed by atoms with Crippen molar-refractivity contribution in [1.82, 2.24) is 9.88 Å². The molecule has 0 radical (unpaired) electrons. The lowest BCUT2D eigenvalue weighted by molar-refractivity contribution is -0.131. The highest BCUT2D eigenvalue weighted by molar-refractivity contribution is 5.70. The molecule has 162 valence electrons. The van der Waals surface area contributed by atoms with E-state index in [2.05, 4.69) is 35.0 Å². The number of hydrogen-bond donors (Lipinski definition) is 1. The average Bonchev–Trinajstić information content (AvgIpc) is 3.20. The van der Waals surface area contributed by atoms with Crippen molar-refractivity contribution < 1.29 is 9.53 Å². The topological polar surface area (TPSA) is 68.5 Å². The number of esters is 1. The largest absolute Gasteiger partial charge is 0.426 e. The molecule has 0 saturated carbocycles. The lowest BCUT2D eigenvalue weighted by Gasteiger charge is -2.17. The van der Waals surface area contributed by atoms with Crippen molar-refractivity contribution in [3.05, 3.63) is 52.2 Å². The predicted octanol–water partition coefficient (Wildman–Crippen LogP) is 4.82. The van der Waals surface area contributed by atoms with E-state index in [4.69, 9.17) is 10.5 Å². The van der Waals surface area contributed by atoms with E-state index in [0.717, 1.165) is 54.9 Å². The molecule has 1 fully saturated rings. The highest BCUT2D eigenvalue weighted by atomic mass is 16.5. The van der Waals surface area contributed by atoms with Crippen molar-refractivity contribution in [3.8, 4) is 5.75 Å². The summed E-state index contributed by atoms with van der Waals surface area (Å²) in [4.78, 5) is 18.8. The lowest BCUT2D eigenvalue weighted by Crippen LogP contribution is -2.18. The van der Waals surface area contributed by atoms with Gasteiger partial charge in [0.2, 0.25) is 0 Å². The van der Waals surface area contributed by atoms with Gasteiger partial charge in [0, 0.05) is 25.6 Å². The molecule has 0 amide bonds. The molecule has 30 heavy (non-hydrogen) atoms. The third-order valence-corrected chi connectivity index (χ3v) is 5.85. The van der Waals surface area contributed by atoms with Gasteiger partial charge in [-0.1, -0.05) is 38.0 Å². The fraction of sp³-hybridized carbons (Fsp3) is 0.520. The Labute approximate surface area is 180 Å². The van der Waals surface area contributed by atoms with E-state index in [9.17, 15) is 4.79 Å². The normalized spacial score (nSPS) is 14.2.